The molecule has 0 radical (unpaired) electrons. The Morgan fingerprint density at radius 3 is 2.34 bits per heavy atom. The van der Waals surface area contributed by atoms with Crippen LogP contribution in [0.15, 0.2) is 72.8 Å². The number of carbonyl (C=O) groups excluding carboxylic acids is 1. The molecule has 182 valence electrons. The average molecular weight is 467 g/mol. The van der Waals surface area contributed by atoms with Crippen molar-refractivity contribution < 1.29 is 9.53 Å². The number of ether oxygens (including phenoxy) is 1. The first-order valence-electron chi connectivity index (χ1n) is 12.5. The van der Waals surface area contributed by atoms with E-state index in [1.54, 1.807) is 0 Å². The van der Waals surface area contributed by atoms with Crippen molar-refractivity contribution in [1.29, 1.82) is 0 Å². The molecule has 0 saturated heterocycles. The second kappa shape index (κ2) is 11.8. The van der Waals surface area contributed by atoms with Crippen molar-refractivity contribution in [2.24, 2.45) is 0 Å². The predicted octanol–water partition coefficient (Wildman–Crippen LogP) is 8.34. The van der Waals surface area contributed by atoms with Crippen LogP contribution in [0.3, 0.4) is 0 Å². The fourth-order valence-corrected chi connectivity index (χ4v) is 4.36. The summed E-state index contributed by atoms with van der Waals surface area (Å²) in [4.78, 5) is 13.5. The van der Waals surface area contributed by atoms with E-state index in [1.807, 2.05) is 38.1 Å². The minimum Gasteiger partial charge on any atom is -0.493 e. The van der Waals surface area contributed by atoms with Crippen molar-refractivity contribution in [2.75, 3.05) is 6.61 Å². The molecule has 0 atom stereocenters. The van der Waals surface area contributed by atoms with Gasteiger partial charge in [-0.05, 0) is 111 Å². The molecule has 0 bridgehead atoms. The maximum absolute atomic E-state index is 13.5. The van der Waals surface area contributed by atoms with Gasteiger partial charge in [0.15, 0.2) is 5.78 Å². The van der Waals surface area contributed by atoms with Crippen molar-refractivity contribution in [3.05, 3.63) is 117 Å². The lowest BCUT2D eigenvalue weighted by atomic mass is 9.87. The number of carbonyl (C=O) groups is 1. The molecular formula is C33H38O2. The first kappa shape index (κ1) is 26.2. The van der Waals surface area contributed by atoms with Gasteiger partial charge in [-0.3, -0.25) is 4.79 Å². The zero-order chi connectivity index (χ0) is 25.5. The summed E-state index contributed by atoms with van der Waals surface area (Å²) < 4.78 is 6.05. The zero-order valence-electron chi connectivity index (χ0n) is 22.1. The molecule has 2 heteroatoms. The monoisotopic (exact) mass is 466 g/mol. The van der Waals surface area contributed by atoms with E-state index in [2.05, 4.69) is 70.7 Å². The van der Waals surface area contributed by atoms with Gasteiger partial charge in [-0.15, -0.1) is 0 Å². The van der Waals surface area contributed by atoms with Gasteiger partial charge in [0.05, 0.1) is 6.61 Å². The van der Waals surface area contributed by atoms with Crippen LogP contribution in [-0.4, -0.2) is 12.4 Å². The standard InChI is InChI=1S/C33H38O2/c1-8-17-35-32-21-28(16-14-27-12-10-11-22(3)18-27)31(20-25(32)6)26(7)30(9-2)33(34)29-15-13-23(4)24(5)19-29/h9-13,15,18-21H,7-8,14,16-17H2,1-6H3/b30-9+. The number of rotatable bonds is 10. The summed E-state index contributed by atoms with van der Waals surface area (Å²) in [6.45, 7) is 17.4. The quantitative estimate of drug-likeness (QED) is 0.170. The van der Waals surface area contributed by atoms with E-state index in [0.29, 0.717) is 17.7 Å². The highest BCUT2D eigenvalue weighted by atomic mass is 16.5. The first-order chi connectivity index (χ1) is 16.7. The minimum atomic E-state index is 0.00852. The van der Waals surface area contributed by atoms with E-state index in [9.17, 15) is 4.79 Å². The summed E-state index contributed by atoms with van der Waals surface area (Å²) >= 11 is 0. The molecule has 0 saturated carbocycles. The second-order valence-electron chi connectivity index (χ2n) is 9.42. The summed E-state index contributed by atoms with van der Waals surface area (Å²) in [6.07, 6.45) is 4.60. The molecule has 0 amide bonds. The Kier molecular flexibility index (Phi) is 8.87. The summed E-state index contributed by atoms with van der Waals surface area (Å²) in [6, 6.07) is 18.8. The topological polar surface area (TPSA) is 26.3 Å². The van der Waals surface area contributed by atoms with Gasteiger partial charge in [-0.25, -0.2) is 0 Å². The molecule has 0 aliphatic heterocycles. The molecule has 0 aromatic heterocycles. The maximum Gasteiger partial charge on any atom is 0.193 e. The Balaban J connectivity index is 1.99. The molecule has 0 heterocycles. The van der Waals surface area contributed by atoms with Gasteiger partial charge in [0.25, 0.3) is 0 Å². The first-order valence-corrected chi connectivity index (χ1v) is 12.5. The van der Waals surface area contributed by atoms with Gasteiger partial charge in [-0.2, -0.15) is 0 Å². The Morgan fingerprint density at radius 1 is 0.914 bits per heavy atom. The number of hydrogen-bond donors (Lipinski definition) is 0. The van der Waals surface area contributed by atoms with Crippen LogP contribution in [0.1, 0.15) is 69.6 Å². The van der Waals surface area contributed by atoms with E-state index in [-0.39, 0.29) is 5.78 Å². The van der Waals surface area contributed by atoms with Gasteiger partial charge in [0, 0.05) is 11.1 Å². The summed E-state index contributed by atoms with van der Waals surface area (Å²) in [5.74, 6) is 0.916. The molecule has 3 rings (SSSR count). The van der Waals surface area contributed by atoms with E-state index in [1.165, 1.54) is 16.7 Å². The lowest BCUT2D eigenvalue weighted by Gasteiger charge is -2.19. The Labute approximate surface area is 211 Å². The van der Waals surface area contributed by atoms with Crippen molar-refractivity contribution in [3.63, 3.8) is 0 Å². The fraction of sp³-hybridized carbons (Fsp3) is 0.303. The van der Waals surface area contributed by atoms with E-state index >= 15 is 0 Å². The van der Waals surface area contributed by atoms with Gasteiger partial charge < -0.3 is 4.74 Å². The normalized spacial score (nSPS) is 11.4. The summed E-state index contributed by atoms with van der Waals surface area (Å²) in [7, 11) is 0. The lowest BCUT2D eigenvalue weighted by molar-refractivity contribution is 0.103. The van der Waals surface area contributed by atoms with Crippen LogP contribution in [0.2, 0.25) is 0 Å². The van der Waals surface area contributed by atoms with Crippen LogP contribution >= 0.6 is 0 Å². The van der Waals surface area contributed by atoms with Crippen molar-refractivity contribution in [1.82, 2.24) is 0 Å². The Bertz CT molecular complexity index is 1260. The van der Waals surface area contributed by atoms with Gasteiger partial charge >= 0.3 is 0 Å². The highest BCUT2D eigenvalue weighted by molar-refractivity contribution is 6.18. The van der Waals surface area contributed by atoms with E-state index in [4.69, 9.17) is 4.74 Å². The third-order valence-electron chi connectivity index (χ3n) is 6.58. The summed E-state index contributed by atoms with van der Waals surface area (Å²) in [5, 5.41) is 0. The highest BCUT2D eigenvalue weighted by Crippen LogP contribution is 2.33. The van der Waals surface area contributed by atoms with Crippen LogP contribution in [0.4, 0.5) is 0 Å². The van der Waals surface area contributed by atoms with Crippen molar-refractivity contribution in [3.8, 4) is 5.75 Å². The third kappa shape index (κ3) is 6.39. The molecule has 0 unspecified atom stereocenters. The molecule has 2 nitrogen and oxygen atoms in total. The molecule has 0 spiro atoms. The van der Waals surface area contributed by atoms with Crippen LogP contribution in [0, 0.1) is 27.7 Å². The second-order valence-corrected chi connectivity index (χ2v) is 9.42. The zero-order valence-corrected chi connectivity index (χ0v) is 22.1. The third-order valence-corrected chi connectivity index (χ3v) is 6.58. The van der Waals surface area contributed by atoms with Crippen LogP contribution < -0.4 is 4.74 Å². The number of ketones is 1. The molecule has 0 aliphatic carbocycles. The van der Waals surface area contributed by atoms with Gasteiger partial charge in [-0.1, -0.05) is 61.5 Å². The lowest BCUT2D eigenvalue weighted by Crippen LogP contribution is -2.08. The number of benzene rings is 3. The predicted molar refractivity (Wildman–Crippen MR) is 149 cm³/mol. The molecule has 0 fully saturated rings. The van der Waals surface area contributed by atoms with Crippen molar-refractivity contribution >= 4 is 11.4 Å². The van der Waals surface area contributed by atoms with Crippen LogP contribution in [-0.2, 0) is 12.8 Å². The maximum atomic E-state index is 13.5. The fourth-order valence-electron chi connectivity index (χ4n) is 4.36. The average Bonchev–Trinajstić information content (AvgIpc) is 2.84. The SMILES string of the molecule is C=C(/C(=C\C)C(=O)c1ccc(C)c(C)c1)c1cc(C)c(OCCC)cc1CCc1cccc(C)c1. The van der Waals surface area contributed by atoms with Crippen molar-refractivity contribution in [2.45, 2.75) is 60.8 Å². The van der Waals surface area contributed by atoms with E-state index in [0.717, 1.165) is 52.8 Å². The number of allylic oxidation sites excluding steroid dienone is 3. The van der Waals surface area contributed by atoms with Crippen LogP contribution in [0.5, 0.6) is 5.75 Å². The van der Waals surface area contributed by atoms with Crippen LogP contribution in [0.25, 0.3) is 5.57 Å². The van der Waals surface area contributed by atoms with Gasteiger partial charge in [0.2, 0.25) is 0 Å². The molecular weight excluding hydrogens is 428 g/mol. The molecule has 3 aromatic carbocycles. The van der Waals surface area contributed by atoms with E-state index < -0.39 is 0 Å². The number of Topliss-reactive ketones (excluding diaryl/α,β-unsaturated/α-hetero) is 1. The Hall–Kier alpha value is -3.39. The summed E-state index contributed by atoms with van der Waals surface area (Å²) in [5.41, 5.74) is 10.2. The number of hydrogen-bond acceptors (Lipinski definition) is 2. The highest BCUT2D eigenvalue weighted by Gasteiger charge is 2.20. The van der Waals surface area contributed by atoms with Gasteiger partial charge in [0.1, 0.15) is 5.75 Å². The Morgan fingerprint density at radius 2 is 1.69 bits per heavy atom. The minimum absolute atomic E-state index is 0.00852. The molecule has 0 N–H and O–H groups in total. The molecule has 0 aliphatic rings. The smallest absolute Gasteiger partial charge is 0.193 e. The molecule has 35 heavy (non-hydrogen) atoms. The number of aryl methyl sites for hydroxylation is 6. The molecule has 3 aromatic rings. The largest absolute Gasteiger partial charge is 0.493 e.